The summed E-state index contributed by atoms with van der Waals surface area (Å²) in [5, 5.41) is 15.8. The van der Waals surface area contributed by atoms with Crippen LogP contribution in [0.1, 0.15) is 27.2 Å². The highest BCUT2D eigenvalue weighted by Crippen LogP contribution is 2.22. The lowest BCUT2D eigenvalue weighted by Gasteiger charge is -2.20. The molecule has 2 aromatic rings. The van der Waals surface area contributed by atoms with E-state index in [-0.39, 0.29) is 0 Å². The van der Waals surface area contributed by atoms with Crippen LogP contribution < -0.4 is 4.90 Å². The summed E-state index contributed by atoms with van der Waals surface area (Å²) in [6.07, 6.45) is 1.22. The second-order valence-electron chi connectivity index (χ2n) is 5.17. The van der Waals surface area contributed by atoms with Gasteiger partial charge >= 0.3 is 0 Å². The molecule has 0 bridgehead atoms. The molecule has 1 saturated heterocycles. The van der Waals surface area contributed by atoms with E-state index in [2.05, 4.69) is 44.4 Å². The minimum atomic E-state index is 0.685. The third-order valence-electron chi connectivity index (χ3n) is 3.78. The number of anilines is 1. The van der Waals surface area contributed by atoms with E-state index in [0.717, 1.165) is 37.9 Å². The van der Waals surface area contributed by atoms with Crippen LogP contribution in [0.4, 0.5) is 5.82 Å². The van der Waals surface area contributed by atoms with Crippen LogP contribution in [-0.2, 0) is 0 Å². The highest BCUT2D eigenvalue weighted by atomic mass is 15.6. The highest BCUT2D eigenvalue weighted by Gasteiger charge is 2.24. The molecule has 1 fully saturated rings. The van der Waals surface area contributed by atoms with E-state index in [9.17, 15) is 0 Å². The Bertz CT molecular complexity index is 553. The van der Waals surface area contributed by atoms with Crippen molar-refractivity contribution in [2.45, 2.75) is 27.2 Å². The van der Waals surface area contributed by atoms with Crippen molar-refractivity contribution in [3.8, 4) is 0 Å². The van der Waals surface area contributed by atoms with Crippen molar-refractivity contribution in [2.75, 3.05) is 38.1 Å². The van der Waals surface area contributed by atoms with Crippen LogP contribution in [0, 0.1) is 5.92 Å². The van der Waals surface area contributed by atoms with E-state index in [4.69, 9.17) is 0 Å². The number of nitrogens with zero attached hydrogens (tertiary/aromatic N) is 7. The van der Waals surface area contributed by atoms with Gasteiger partial charge in [-0.2, -0.15) is 0 Å². The number of hydrogen-bond donors (Lipinski definition) is 0. The maximum Gasteiger partial charge on any atom is 0.200 e. The van der Waals surface area contributed by atoms with Gasteiger partial charge in [-0.15, -0.1) is 14.8 Å². The number of tetrazole rings is 1. The predicted molar refractivity (Wildman–Crippen MR) is 83.4 cm³/mol. The van der Waals surface area contributed by atoms with Crippen LogP contribution >= 0.6 is 0 Å². The first kappa shape index (κ1) is 15.6. The molecule has 0 aliphatic carbocycles. The van der Waals surface area contributed by atoms with Gasteiger partial charge in [0.25, 0.3) is 0 Å². The fourth-order valence-electron chi connectivity index (χ4n) is 2.57. The molecule has 7 heteroatoms. The Morgan fingerprint density at radius 2 is 2.14 bits per heavy atom. The number of aromatic nitrogens is 5. The lowest BCUT2D eigenvalue weighted by Crippen LogP contribution is -2.28. The Kier molecular flexibility index (Phi) is 5.44. The van der Waals surface area contributed by atoms with Crippen LogP contribution in [0.25, 0.3) is 5.65 Å². The summed E-state index contributed by atoms with van der Waals surface area (Å²) >= 11 is 0. The lowest BCUT2D eigenvalue weighted by molar-refractivity contribution is 0.300. The Morgan fingerprint density at radius 1 is 1.33 bits per heavy atom. The number of hydrogen-bond acceptors (Lipinski definition) is 6. The Balaban J connectivity index is 0.000000774. The van der Waals surface area contributed by atoms with Gasteiger partial charge < -0.3 is 9.80 Å². The Labute approximate surface area is 125 Å². The van der Waals surface area contributed by atoms with Gasteiger partial charge in [0.15, 0.2) is 11.5 Å². The Morgan fingerprint density at radius 3 is 2.90 bits per heavy atom. The Hall–Kier alpha value is -1.76. The second kappa shape index (κ2) is 7.31. The van der Waals surface area contributed by atoms with Crippen LogP contribution in [-0.4, -0.2) is 63.4 Å². The molecular formula is C14H25N7. The van der Waals surface area contributed by atoms with Gasteiger partial charge in [-0.05, 0) is 48.5 Å². The topological polar surface area (TPSA) is 62.5 Å². The first-order valence-electron chi connectivity index (χ1n) is 7.75. The van der Waals surface area contributed by atoms with Gasteiger partial charge in [0.05, 0.1) is 0 Å². The maximum atomic E-state index is 4.44. The van der Waals surface area contributed by atoms with Crippen molar-refractivity contribution in [1.29, 1.82) is 0 Å². The summed E-state index contributed by atoms with van der Waals surface area (Å²) in [7, 11) is 2.17. The van der Waals surface area contributed by atoms with E-state index in [1.165, 1.54) is 11.1 Å². The average molecular weight is 291 g/mol. The molecule has 0 radical (unpaired) electrons. The monoisotopic (exact) mass is 291 g/mol. The molecule has 0 amide bonds. The van der Waals surface area contributed by atoms with Gasteiger partial charge in [0.2, 0.25) is 0 Å². The fraction of sp³-hybridized carbons (Fsp3) is 0.714. The summed E-state index contributed by atoms with van der Waals surface area (Å²) in [5.41, 5.74) is 0.685. The van der Waals surface area contributed by atoms with E-state index in [0.29, 0.717) is 5.65 Å². The van der Waals surface area contributed by atoms with E-state index >= 15 is 0 Å². The molecule has 3 heterocycles. The molecule has 0 saturated carbocycles. The summed E-state index contributed by atoms with van der Waals surface area (Å²) in [5.74, 6) is 1.68. The predicted octanol–water partition coefficient (Wildman–Crippen LogP) is 1.32. The fourth-order valence-corrected chi connectivity index (χ4v) is 2.57. The van der Waals surface area contributed by atoms with Crippen LogP contribution in [0.3, 0.4) is 0 Å². The zero-order valence-electron chi connectivity index (χ0n) is 13.4. The van der Waals surface area contributed by atoms with Crippen molar-refractivity contribution >= 4 is 11.5 Å². The molecule has 7 nitrogen and oxygen atoms in total. The molecule has 1 aliphatic heterocycles. The highest BCUT2D eigenvalue weighted by molar-refractivity contribution is 5.45. The maximum absolute atomic E-state index is 4.44. The molecule has 21 heavy (non-hydrogen) atoms. The summed E-state index contributed by atoms with van der Waals surface area (Å²) < 4.78 is 1.49. The molecule has 2 aromatic heterocycles. The molecule has 116 valence electrons. The van der Waals surface area contributed by atoms with E-state index < -0.39 is 0 Å². The smallest absolute Gasteiger partial charge is 0.200 e. The summed E-state index contributed by atoms with van der Waals surface area (Å²) in [4.78, 5) is 4.68. The minimum Gasteiger partial charge on any atom is -0.355 e. The van der Waals surface area contributed by atoms with Gasteiger partial charge in [-0.25, -0.2) is 0 Å². The number of rotatable bonds is 4. The average Bonchev–Trinajstić information content (AvgIpc) is 3.17. The summed E-state index contributed by atoms with van der Waals surface area (Å²) in [6, 6.07) is 3.91. The molecular weight excluding hydrogens is 266 g/mol. The molecule has 0 aromatic carbocycles. The largest absolute Gasteiger partial charge is 0.355 e. The first-order chi connectivity index (χ1) is 10.3. The van der Waals surface area contributed by atoms with Crippen LogP contribution in [0.5, 0.6) is 0 Å². The second-order valence-corrected chi connectivity index (χ2v) is 5.17. The van der Waals surface area contributed by atoms with E-state index in [1.54, 1.807) is 0 Å². The third kappa shape index (κ3) is 3.66. The quantitative estimate of drug-likeness (QED) is 0.846. The normalized spacial score (nSPS) is 18.1. The van der Waals surface area contributed by atoms with Crippen LogP contribution in [0.15, 0.2) is 12.1 Å². The molecule has 1 aliphatic rings. The zero-order valence-corrected chi connectivity index (χ0v) is 13.4. The van der Waals surface area contributed by atoms with Crippen molar-refractivity contribution in [3.05, 3.63) is 12.1 Å². The standard InChI is InChI=1S/C12H19N7.C2H6/c1-3-17(2)8-10-6-7-18(9-10)12-5-4-11-13-15-16-19(11)14-12;1-2/h4-5,10H,3,6-9H2,1-2H3;1-2H3. The van der Waals surface area contributed by atoms with Crippen LogP contribution in [0.2, 0.25) is 0 Å². The molecule has 0 N–H and O–H groups in total. The van der Waals surface area contributed by atoms with Crippen molar-refractivity contribution in [1.82, 2.24) is 30.2 Å². The zero-order chi connectivity index (χ0) is 15.2. The van der Waals surface area contributed by atoms with Gasteiger partial charge in [-0.3, -0.25) is 0 Å². The SMILES string of the molecule is CC.CCN(C)CC1CCN(c2ccc3nnnn3n2)C1. The van der Waals surface area contributed by atoms with Crippen molar-refractivity contribution in [3.63, 3.8) is 0 Å². The molecule has 3 rings (SSSR count). The summed E-state index contributed by atoms with van der Waals surface area (Å²) in [6.45, 7) is 10.6. The van der Waals surface area contributed by atoms with E-state index in [1.807, 2.05) is 26.0 Å². The molecule has 0 spiro atoms. The molecule has 1 unspecified atom stereocenters. The lowest BCUT2D eigenvalue weighted by atomic mass is 10.1. The van der Waals surface area contributed by atoms with Gasteiger partial charge in [0.1, 0.15) is 0 Å². The van der Waals surface area contributed by atoms with Crippen molar-refractivity contribution in [2.24, 2.45) is 5.92 Å². The molecule has 1 atom stereocenters. The minimum absolute atomic E-state index is 0.685. The van der Waals surface area contributed by atoms with Gasteiger partial charge in [0, 0.05) is 19.6 Å². The van der Waals surface area contributed by atoms with Crippen molar-refractivity contribution < 1.29 is 0 Å². The first-order valence-corrected chi connectivity index (χ1v) is 7.75. The number of fused-ring (bicyclic) bond motifs is 1. The third-order valence-corrected chi connectivity index (χ3v) is 3.78. The van der Waals surface area contributed by atoms with Gasteiger partial charge in [-0.1, -0.05) is 20.8 Å².